The maximum Gasteiger partial charge on any atom is 0.192 e. The molecular formula is C23H41N7O. The van der Waals surface area contributed by atoms with Crippen LogP contribution < -0.4 is 10.6 Å². The number of aromatic nitrogens is 3. The predicted octanol–water partition coefficient (Wildman–Crippen LogP) is 2.38. The van der Waals surface area contributed by atoms with Crippen molar-refractivity contribution in [2.24, 2.45) is 17.5 Å². The van der Waals surface area contributed by atoms with Gasteiger partial charge in [-0.25, -0.2) is 4.99 Å². The van der Waals surface area contributed by atoms with Crippen LogP contribution in [0.1, 0.15) is 70.4 Å². The smallest absolute Gasteiger partial charge is 0.192 e. The Kier molecular flexibility index (Phi) is 7.16. The number of guanidine groups is 1. The Morgan fingerprint density at radius 1 is 1.23 bits per heavy atom. The molecule has 0 amide bonds. The molecule has 0 radical (unpaired) electrons. The van der Waals surface area contributed by atoms with Crippen molar-refractivity contribution in [1.82, 2.24) is 30.3 Å². The zero-order chi connectivity index (χ0) is 21.8. The first-order valence-corrected chi connectivity index (χ1v) is 12.3. The number of nitrogens with one attached hydrogen (secondary N) is 2. The number of hydrogen-bond donors (Lipinski definition) is 2. The number of nitrogens with zero attached hydrogens (tertiary/aromatic N) is 5. The molecular weight excluding hydrogens is 390 g/mol. The summed E-state index contributed by atoms with van der Waals surface area (Å²) < 4.78 is 8.13. The highest BCUT2D eigenvalue weighted by Crippen LogP contribution is 2.54. The van der Waals surface area contributed by atoms with Crippen molar-refractivity contribution in [3.8, 4) is 0 Å². The zero-order valence-electron chi connectivity index (χ0n) is 19.9. The Labute approximate surface area is 187 Å². The van der Waals surface area contributed by atoms with Crippen molar-refractivity contribution in [2.75, 3.05) is 26.2 Å². The number of rotatable bonds is 8. The van der Waals surface area contributed by atoms with Crippen molar-refractivity contribution in [3.63, 3.8) is 0 Å². The molecule has 0 aromatic carbocycles. The Balaban J connectivity index is 1.45. The van der Waals surface area contributed by atoms with Gasteiger partial charge in [-0.1, -0.05) is 19.8 Å². The molecule has 8 nitrogen and oxygen atoms in total. The van der Waals surface area contributed by atoms with Gasteiger partial charge in [0.25, 0.3) is 0 Å². The number of likely N-dealkylation sites (tertiary alicyclic amines) is 1. The fraction of sp³-hybridized carbons (Fsp3) is 0.870. The van der Waals surface area contributed by atoms with E-state index in [0.29, 0.717) is 24.7 Å². The molecule has 0 bridgehead atoms. The number of ether oxygens (including phenoxy) is 1. The van der Waals surface area contributed by atoms with E-state index in [1.807, 2.05) is 18.5 Å². The van der Waals surface area contributed by atoms with Crippen LogP contribution in [0.2, 0.25) is 0 Å². The molecule has 4 rings (SSSR count). The first-order chi connectivity index (χ1) is 15.1. The average Bonchev–Trinajstić information content (AvgIpc) is 3.51. The van der Waals surface area contributed by atoms with Crippen LogP contribution in [0, 0.1) is 12.3 Å². The van der Waals surface area contributed by atoms with Gasteiger partial charge in [0, 0.05) is 37.7 Å². The maximum absolute atomic E-state index is 6.12. The van der Waals surface area contributed by atoms with E-state index in [-0.39, 0.29) is 5.41 Å². The second kappa shape index (κ2) is 9.86. The third-order valence-corrected chi connectivity index (χ3v) is 7.97. The van der Waals surface area contributed by atoms with E-state index in [1.165, 1.54) is 45.1 Å². The molecule has 1 aliphatic heterocycles. The summed E-state index contributed by atoms with van der Waals surface area (Å²) in [6.07, 6.45) is 9.17. The molecule has 3 unspecified atom stereocenters. The third kappa shape index (κ3) is 4.60. The maximum atomic E-state index is 6.12. The standard InChI is InChI=1S/C23H41N7O/c1-5-30-13-9-10-18(30)15-24-22(25-16-21-28-27-17(3)29(21)4)26-19-14-20(31-6-2)23(19)11-7-8-12-23/h18-20H,5-16H2,1-4H3,(H2,24,25,26). The summed E-state index contributed by atoms with van der Waals surface area (Å²) in [6.45, 7) is 10.9. The fourth-order valence-electron chi connectivity index (χ4n) is 5.90. The van der Waals surface area contributed by atoms with Crippen molar-refractivity contribution in [3.05, 3.63) is 11.6 Å². The molecule has 2 saturated carbocycles. The van der Waals surface area contributed by atoms with Crippen LogP contribution in [0.25, 0.3) is 0 Å². The predicted molar refractivity (Wildman–Crippen MR) is 123 cm³/mol. The van der Waals surface area contributed by atoms with Crippen LogP contribution in [0.15, 0.2) is 4.99 Å². The minimum absolute atomic E-state index is 0.280. The van der Waals surface area contributed by atoms with Gasteiger partial charge >= 0.3 is 0 Å². The van der Waals surface area contributed by atoms with Crippen LogP contribution >= 0.6 is 0 Å². The van der Waals surface area contributed by atoms with Crippen LogP contribution in [0.4, 0.5) is 0 Å². The number of aryl methyl sites for hydroxylation is 1. The number of likely N-dealkylation sites (N-methyl/N-ethyl adjacent to an activating group) is 1. The fourth-order valence-corrected chi connectivity index (χ4v) is 5.90. The van der Waals surface area contributed by atoms with E-state index in [9.17, 15) is 0 Å². The van der Waals surface area contributed by atoms with E-state index in [0.717, 1.165) is 43.7 Å². The van der Waals surface area contributed by atoms with Crippen LogP contribution in [-0.4, -0.2) is 70.1 Å². The SMILES string of the molecule is CCOC1CC(NC(=NCc2nnc(C)n2C)NCC2CCCN2CC)C12CCCC2. The van der Waals surface area contributed by atoms with Crippen LogP contribution in [0.3, 0.4) is 0 Å². The van der Waals surface area contributed by atoms with Gasteiger partial charge in [-0.15, -0.1) is 10.2 Å². The lowest BCUT2D eigenvalue weighted by Crippen LogP contribution is -2.65. The lowest BCUT2D eigenvalue weighted by molar-refractivity contribution is -0.125. The van der Waals surface area contributed by atoms with E-state index in [1.54, 1.807) is 0 Å². The first kappa shape index (κ1) is 22.5. The lowest BCUT2D eigenvalue weighted by atomic mass is 9.60. The van der Waals surface area contributed by atoms with E-state index < -0.39 is 0 Å². The molecule has 3 fully saturated rings. The van der Waals surface area contributed by atoms with Crippen molar-refractivity contribution >= 4 is 5.96 Å². The van der Waals surface area contributed by atoms with E-state index in [4.69, 9.17) is 9.73 Å². The van der Waals surface area contributed by atoms with Gasteiger partial charge in [-0.3, -0.25) is 4.90 Å². The molecule has 3 aliphatic rings. The van der Waals surface area contributed by atoms with Gasteiger partial charge < -0.3 is 19.9 Å². The average molecular weight is 432 g/mol. The summed E-state index contributed by atoms with van der Waals surface area (Å²) in [5.74, 6) is 2.72. The molecule has 174 valence electrons. The Bertz CT molecular complexity index is 755. The van der Waals surface area contributed by atoms with Gasteiger partial charge in [0.05, 0.1) is 6.10 Å². The van der Waals surface area contributed by atoms with Crippen molar-refractivity contribution in [1.29, 1.82) is 0 Å². The van der Waals surface area contributed by atoms with Crippen molar-refractivity contribution < 1.29 is 4.74 Å². The molecule has 3 atom stereocenters. The lowest BCUT2D eigenvalue weighted by Gasteiger charge is -2.54. The molecule has 1 aromatic heterocycles. The highest BCUT2D eigenvalue weighted by molar-refractivity contribution is 5.80. The van der Waals surface area contributed by atoms with Crippen molar-refractivity contribution in [2.45, 2.75) is 90.4 Å². The Morgan fingerprint density at radius 3 is 2.71 bits per heavy atom. The second-order valence-corrected chi connectivity index (χ2v) is 9.51. The molecule has 1 saturated heterocycles. The molecule has 2 aliphatic carbocycles. The minimum Gasteiger partial charge on any atom is -0.378 e. The summed E-state index contributed by atoms with van der Waals surface area (Å²) >= 11 is 0. The number of hydrogen-bond acceptors (Lipinski definition) is 5. The monoisotopic (exact) mass is 431 g/mol. The zero-order valence-corrected chi connectivity index (χ0v) is 19.9. The van der Waals surface area contributed by atoms with E-state index >= 15 is 0 Å². The van der Waals surface area contributed by atoms with Gasteiger partial charge in [0.15, 0.2) is 11.8 Å². The second-order valence-electron chi connectivity index (χ2n) is 9.51. The van der Waals surface area contributed by atoms with Gasteiger partial charge in [0.1, 0.15) is 12.4 Å². The van der Waals surface area contributed by atoms with E-state index in [2.05, 4.69) is 39.6 Å². The molecule has 1 aromatic rings. The summed E-state index contributed by atoms with van der Waals surface area (Å²) in [5.41, 5.74) is 0.280. The molecule has 2 heterocycles. The number of aliphatic imine (C=N–C) groups is 1. The largest absolute Gasteiger partial charge is 0.378 e. The summed E-state index contributed by atoms with van der Waals surface area (Å²) in [4.78, 5) is 7.51. The van der Waals surface area contributed by atoms with Gasteiger partial charge in [-0.05, 0) is 59.0 Å². The third-order valence-electron chi connectivity index (χ3n) is 7.97. The topological polar surface area (TPSA) is 79.6 Å². The molecule has 2 N–H and O–H groups in total. The van der Waals surface area contributed by atoms with Gasteiger partial charge in [-0.2, -0.15) is 0 Å². The molecule has 31 heavy (non-hydrogen) atoms. The summed E-state index contributed by atoms with van der Waals surface area (Å²) in [5, 5.41) is 16.0. The first-order valence-electron chi connectivity index (χ1n) is 12.3. The molecule has 8 heteroatoms. The minimum atomic E-state index is 0.280. The normalized spacial score (nSPS) is 28.3. The summed E-state index contributed by atoms with van der Waals surface area (Å²) in [6, 6.07) is 1.02. The quantitative estimate of drug-likeness (QED) is 0.486. The Hall–Kier alpha value is -1.67. The summed E-state index contributed by atoms with van der Waals surface area (Å²) in [7, 11) is 2.00. The van der Waals surface area contributed by atoms with Crippen LogP contribution in [0.5, 0.6) is 0 Å². The highest BCUT2D eigenvalue weighted by Gasteiger charge is 2.57. The molecule has 1 spiro atoms. The van der Waals surface area contributed by atoms with Crippen LogP contribution in [-0.2, 0) is 18.3 Å². The van der Waals surface area contributed by atoms with Gasteiger partial charge in [0.2, 0.25) is 0 Å². The highest BCUT2D eigenvalue weighted by atomic mass is 16.5. The Morgan fingerprint density at radius 2 is 2.03 bits per heavy atom.